The molecule has 0 atom stereocenters. The molecule has 2 amide bonds. The maximum atomic E-state index is 12.0. The Morgan fingerprint density at radius 3 is 2.40 bits per heavy atom. The standard InChI is InChI=1S/C15H16N2O3/c1-16-14(18)12-5-3-11(4-6-12)9-17(2)15(19)13-7-8-20-10-13/h3-8,10H,9H2,1-2H3,(H,16,18). The van der Waals surface area contributed by atoms with E-state index < -0.39 is 0 Å². The summed E-state index contributed by atoms with van der Waals surface area (Å²) >= 11 is 0. The van der Waals surface area contributed by atoms with Crippen LogP contribution in [0.3, 0.4) is 0 Å². The minimum absolute atomic E-state index is 0.103. The van der Waals surface area contributed by atoms with E-state index in [0.29, 0.717) is 17.7 Å². The van der Waals surface area contributed by atoms with Crippen LogP contribution in [-0.4, -0.2) is 30.8 Å². The van der Waals surface area contributed by atoms with Crippen molar-refractivity contribution in [3.63, 3.8) is 0 Å². The van der Waals surface area contributed by atoms with Gasteiger partial charge in [-0.3, -0.25) is 9.59 Å². The Morgan fingerprint density at radius 2 is 1.85 bits per heavy atom. The van der Waals surface area contributed by atoms with Gasteiger partial charge in [-0.1, -0.05) is 12.1 Å². The Balaban J connectivity index is 2.03. The summed E-state index contributed by atoms with van der Waals surface area (Å²) in [5, 5.41) is 2.56. The fourth-order valence-corrected chi connectivity index (χ4v) is 1.86. The number of nitrogens with one attached hydrogen (secondary N) is 1. The van der Waals surface area contributed by atoms with Gasteiger partial charge in [-0.2, -0.15) is 0 Å². The fourth-order valence-electron chi connectivity index (χ4n) is 1.86. The van der Waals surface area contributed by atoms with Crippen molar-refractivity contribution in [2.75, 3.05) is 14.1 Å². The summed E-state index contributed by atoms with van der Waals surface area (Å²) in [7, 11) is 3.32. The van der Waals surface area contributed by atoms with Crippen LogP contribution in [0.5, 0.6) is 0 Å². The molecule has 0 fully saturated rings. The molecule has 20 heavy (non-hydrogen) atoms. The highest BCUT2D eigenvalue weighted by molar-refractivity contribution is 5.94. The number of benzene rings is 1. The largest absolute Gasteiger partial charge is 0.472 e. The zero-order valence-electron chi connectivity index (χ0n) is 11.4. The van der Waals surface area contributed by atoms with Crippen LogP contribution in [0.1, 0.15) is 26.3 Å². The average Bonchev–Trinajstić information content (AvgIpc) is 3.00. The minimum Gasteiger partial charge on any atom is -0.472 e. The lowest BCUT2D eigenvalue weighted by molar-refractivity contribution is 0.0784. The highest BCUT2D eigenvalue weighted by Crippen LogP contribution is 2.10. The van der Waals surface area contributed by atoms with Crippen molar-refractivity contribution in [2.45, 2.75) is 6.54 Å². The maximum Gasteiger partial charge on any atom is 0.257 e. The zero-order valence-corrected chi connectivity index (χ0v) is 11.4. The molecule has 5 heteroatoms. The molecule has 104 valence electrons. The second-order valence-corrected chi connectivity index (χ2v) is 4.45. The third kappa shape index (κ3) is 3.06. The average molecular weight is 272 g/mol. The summed E-state index contributed by atoms with van der Waals surface area (Å²) in [4.78, 5) is 25.1. The van der Waals surface area contributed by atoms with Crippen molar-refractivity contribution in [3.05, 3.63) is 59.5 Å². The van der Waals surface area contributed by atoms with Gasteiger partial charge < -0.3 is 14.6 Å². The van der Waals surface area contributed by atoms with Crippen molar-refractivity contribution >= 4 is 11.8 Å². The van der Waals surface area contributed by atoms with Gasteiger partial charge in [-0.15, -0.1) is 0 Å². The van der Waals surface area contributed by atoms with Gasteiger partial charge in [0.05, 0.1) is 11.8 Å². The second kappa shape index (κ2) is 6.06. The molecular formula is C15H16N2O3. The summed E-state index contributed by atoms with van der Waals surface area (Å²) in [6.07, 6.45) is 2.90. The van der Waals surface area contributed by atoms with E-state index in [1.807, 2.05) is 12.1 Å². The molecule has 1 aromatic heterocycles. The molecule has 1 N–H and O–H groups in total. The van der Waals surface area contributed by atoms with Crippen molar-refractivity contribution in [2.24, 2.45) is 0 Å². The van der Waals surface area contributed by atoms with Crippen molar-refractivity contribution < 1.29 is 14.0 Å². The smallest absolute Gasteiger partial charge is 0.257 e. The number of amides is 2. The van der Waals surface area contributed by atoms with E-state index in [9.17, 15) is 9.59 Å². The van der Waals surface area contributed by atoms with Gasteiger partial charge in [0.15, 0.2) is 0 Å². The van der Waals surface area contributed by atoms with Gasteiger partial charge in [0.2, 0.25) is 0 Å². The predicted molar refractivity (Wildman–Crippen MR) is 74.3 cm³/mol. The van der Waals surface area contributed by atoms with Crippen LogP contribution in [0.4, 0.5) is 0 Å². The molecule has 0 spiro atoms. The Morgan fingerprint density at radius 1 is 1.15 bits per heavy atom. The van der Waals surface area contributed by atoms with Crippen molar-refractivity contribution in [3.8, 4) is 0 Å². The molecule has 0 saturated carbocycles. The number of hydrogen-bond acceptors (Lipinski definition) is 3. The second-order valence-electron chi connectivity index (χ2n) is 4.45. The predicted octanol–water partition coefficient (Wildman–Crippen LogP) is 1.91. The van der Waals surface area contributed by atoms with E-state index in [2.05, 4.69) is 5.32 Å². The Labute approximate surface area is 117 Å². The van der Waals surface area contributed by atoms with Gasteiger partial charge in [-0.05, 0) is 23.8 Å². The van der Waals surface area contributed by atoms with E-state index in [1.165, 1.54) is 12.5 Å². The molecule has 1 heterocycles. The van der Waals surface area contributed by atoms with Gasteiger partial charge in [0.25, 0.3) is 11.8 Å². The van der Waals surface area contributed by atoms with Gasteiger partial charge in [0, 0.05) is 26.2 Å². The van der Waals surface area contributed by atoms with Crippen LogP contribution in [0, 0.1) is 0 Å². The van der Waals surface area contributed by atoms with Gasteiger partial charge >= 0.3 is 0 Å². The zero-order chi connectivity index (χ0) is 14.5. The molecule has 0 aliphatic heterocycles. The monoisotopic (exact) mass is 272 g/mol. The van der Waals surface area contributed by atoms with Crippen LogP contribution in [-0.2, 0) is 6.54 Å². The SMILES string of the molecule is CNC(=O)c1ccc(CN(C)C(=O)c2ccoc2)cc1. The lowest BCUT2D eigenvalue weighted by Crippen LogP contribution is -2.25. The van der Waals surface area contributed by atoms with Crippen molar-refractivity contribution in [1.29, 1.82) is 0 Å². The highest BCUT2D eigenvalue weighted by Gasteiger charge is 2.13. The summed E-state index contributed by atoms with van der Waals surface area (Å²) < 4.78 is 4.90. The van der Waals surface area contributed by atoms with E-state index in [-0.39, 0.29) is 11.8 Å². The van der Waals surface area contributed by atoms with Crippen LogP contribution in [0.25, 0.3) is 0 Å². The molecule has 2 rings (SSSR count). The molecule has 0 radical (unpaired) electrons. The molecule has 5 nitrogen and oxygen atoms in total. The first-order valence-electron chi connectivity index (χ1n) is 6.20. The van der Waals surface area contributed by atoms with Gasteiger partial charge in [0.1, 0.15) is 6.26 Å². The molecule has 0 saturated heterocycles. The number of furan rings is 1. The molecule has 1 aromatic carbocycles. The van der Waals surface area contributed by atoms with E-state index in [4.69, 9.17) is 4.42 Å². The van der Waals surface area contributed by atoms with Gasteiger partial charge in [-0.25, -0.2) is 0 Å². The Kier molecular flexibility index (Phi) is 4.20. The van der Waals surface area contributed by atoms with E-state index in [1.54, 1.807) is 37.2 Å². The topological polar surface area (TPSA) is 62.6 Å². The Hall–Kier alpha value is -2.56. The normalized spacial score (nSPS) is 10.1. The highest BCUT2D eigenvalue weighted by atomic mass is 16.3. The number of hydrogen-bond donors (Lipinski definition) is 1. The molecule has 0 aliphatic carbocycles. The van der Waals surface area contributed by atoms with Crippen LogP contribution < -0.4 is 5.32 Å². The van der Waals surface area contributed by atoms with Crippen molar-refractivity contribution in [1.82, 2.24) is 10.2 Å². The molecule has 0 bridgehead atoms. The molecule has 0 aliphatic rings. The minimum atomic E-state index is -0.126. The van der Waals surface area contributed by atoms with Crippen LogP contribution in [0.2, 0.25) is 0 Å². The summed E-state index contributed by atoms with van der Waals surface area (Å²) in [6, 6.07) is 8.79. The molecule has 0 unspecified atom stereocenters. The third-order valence-electron chi connectivity index (χ3n) is 2.98. The quantitative estimate of drug-likeness (QED) is 0.924. The molecule has 2 aromatic rings. The fraction of sp³-hybridized carbons (Fsp3) is 0.200. The lowest BCUT2D eigenvalue weighted by Gasteiger charge is -2.16. The summed E-state index contributed by atoms with van der Waals surface area (Å²) in [5.74, 6) is -0.228. The first kappa shape index (κ1) is 13.9. The number of nitrogens with zero attached hydrogens (tertiary/aromatic N) is 1. The first-order valence-corrected chi connectivity index (χ1v) is 6.20. The van der Waals surface area contributed by atoms with E-state index in [0.717, 1.165) is 5.56 Å². The summed E-state index contributed by atoms with van der Waals surface area (Å²) in [6.45, 7) is 0.470. The number of carbonyl (C=O) groups excluding carboxylic acids is 2. The van der Waals surface area contributed by atoms with Crippen LogP contribution >= 0.6 is 0 Å². The molecular weight excluding hydrogens is 256 g/mol. The first-order chi connectivity index (χ1) is 9.61. The number of rotatable bonds is 4. The van der Waals surface area contributed by atoms with Crippen LogP contribution in [0.15, 0.2) is 47.3 Å². The summed E-state index contributed by atoms with van der Waals surface area (Å²) in [5.41, 5.74) is 2.08. The van der Waals surface area contributed by atoms with E-state index >= 15 is 0 Å². The maximum absolute atomic E-state index is 12.0. The lowest BCUT2D eigenvalue weighted by atomic mass is 10.1. The third-order valence-corrected chi connectivity index (χ3v) is 2.98. The number of carbonyl (C=O) groups is 2. The Bertz CT molecular complexity index is 588.